The number of methoxy groups -OCH3 is 1. The van der Waals surface area contributed by atoms with Crippen molar-refractivity contribution in [1.29, 1.82) is 0 Å². The van der Waals surface area contributed by atoms with Crippen molar-refractivity contribution < 1.29 is 14.6 Å². The summed E-state index contributed by atoms with van der Waals surface area (Å²) < 4.78 is 5.34. The standard InChI is InChI=1S/C18H22O3/c1-12-15-7-4-8-17(20)18(15,10-9-16(12)19)13-5-3-6-14(11-13)21-2/h3,5-6,11,17,20H,4,7-10H2,1-2H3/t17-,18+/m0/s1. The predicted molar refractivity (Wildman–Crippen MR) is 81.5 cm³/mol. The van der Waals surface area contributed by atoms with Gasteiger partial charge in [0, 0.05) is 11.8 Å². The second-order valence-electron chi connectivity index (χ2n) is 6.14. The SMILES string of the molecule is COc1cccc([C@]23CCC(=O)C(C)=C2CCC[C@@H]3O)c1. The molecule has 0 unspecified atom stereocenters. The summed E-state index contributed by atoms with van der Waals surface area (Å²) in [6.07, 6.45) is 3.45. The molecule has 3 rings (SSSR count). The van der Waals surface area contributed by atoms with Gasteiger partial charge in [-0.2, -0.15) is 0 Å². The van der Waals surface area contributed by atoms with Gasteiger partial charge in [0.1, 0.15) is 5.75 Å². The van der Waals surface area contributed by atoms with E-state index in [0.717, 1.165) is 41.7 Å². The summed E-state index contributed by atoms with van der Waals surface area (Å²) in [5, 5.41) is 10.8. The number of hydrogen-bond donors (Lipinski definition) is 1. The first kappa shape index (κ1) is 14.3. The van der Waals surface area contributed by atoms with Gasteiger partial charge >= 0.3 is 0 Å². The third-order valence-electron chi connectivity index (χ3n) is 5.21. The monoisotopic (exact) mass is 286 g/mol. The molecule has 2 aliphatic rings. The Morgan fingerprint density at radius 1 is 1.33 bits per heavy atom. The number of carbonyl (C=O) groups excluding carboxylic acids is 1. The van der Waals surface area contributed by atoms with E-state index in [-0.39, 0.29) is 5.78 Å². The van der Waals surface area contributed by atoms with Crippen LogP contribution in [0.15, 0.2) is 35.4 Å². The van der Waals surface area contributed by atoms with E-state index in [1.165, 1.54) is 0 Å². The van der Waals surface area contributed by atoms with E-state index in [1.54, 1.807) is 7.11 Å². The van der Waals surface area contributed by atoms with Crippen molar-refractivity contribution in [3.63, 3.8) is 0 Å². The average molecular weight is 286 g/mol. The summed E-state index contributed by atoms with van der Waals surface area (Å²) in [5.41, 5.74) is 2.69. The van der Waals surface area contributed by atoms with Crippen molar-refractivity contribution in [2.75, 3.05) is 7.11 Å². The van der Waals surface area contributed by atoms with Crippen molar-refractivity contribution in [3.8, 4) is 5.75 Å². The number of rotatable bonds is 2. The number of aliphatic hydroxyl groups excluding tert-OH is 1. The third kappa shape index (κ3) is 2.11. The van der Waals surface area contributed by atoms with Crippen LogP contribution >= 0.6 is 0 Å². The molecule has 0 aromatic heterocycles. The number of ketones is 1. The fourth-order valence-corrected chi connectivity index (χ4v) is 4.06. The Morgan fingerprint density at radius 2 is 2.14 bits per heavy atom. The number of fused-ring (bicyclic) bond motifs is 1. The molecule has 3 heteroatoms. The van der Waals surface area contributed by atoms with E-state index < -0.39 is 11.5 Å². The highest BCUT2D eigenvalue weighted by Gasteiger charge is 2.48. The van der Waals surface area contributed by atoms with Crippen LogP contribution < -0.4 is 4.74 Å². The van der Waals surface area contributed by atoms with Crippen LogP contribution in [0.2, 0.25) is 0 Å². The maximum atomic E-state index is 12.1. The molecule has 0 bridgehead atoms. The van der Waals surface area contributed by atoms with Crippen molar-refractivity contribution >= 4 is 5.78 Å². The van der Waals surface area contributed by atoms with Gasteiger partial charge in [0.15, 0.2) is 5.78 Å². The van der Waals surface area contributed by atoms with E-state index in [1.807, 2.05) is 25.1 Å². The number of carbonyl (C=O) groups is 1. The van der Waals surface area contributed by atoms with Gasteiger partial charge < -0.3 is 9.84 Å². The molecular formula is C18H22O3. The lowest BCUT2D eigenvalue weighted by Crippen LogP contribution is -2.47. The Balaban J connectivity index is 2.20. The first-order valence-corrected chi connectivity index (χ1v) is 7.65. The lowest BCUT2D eigenvalue weighted by Gasteiger charge is -2.47. The number of benzene rings is 1. The lowest BCUT2D eigenvalue weighted by atomic mass is 9.58. The van der Waals surface area contributed by atoms with Crippen LogP contribution in [0.3, 0.4) is 0 Å². The van der Waals surface area contributed by atoms with Crippen molar-refractivity contribution in [1.82, 2.24) is 0 Å². The highest BCUT2D eigenvalue weighted by molar-refractivity contribution is 5.97. The van der Waals surface area contributed by atoms with Gasteiger partial charge in [-0.1, -0.05) is 17.7 Å². The van der Waals surface area contributed by atoms with Crippen LogP contribution in [0.5, 0.6) is 5.75 Å². The molecule has 0 amide bonds. The number of ether oxygens (including phenoxy) is 1. The average Bonchev–Trinajstić information content (AvgIpc) is 2.52. The van der Waals surface area contributed by atoms with Crippen LogP contribution in [-0.2, 0) is 10.2 Å². The summed E-state index contributed by atoms with van der Waals surface area (Å²) in [4.78, 5) is 12.1. The Kier molecular flexibility index (Phi) is 3.62. The molecule has 2 aliphatic carbocycles. The van der Waals surface area contributed by atoms with Gasteiger partial charge in [0.05, 0.1) is 13.2 Å². The van der Waals surface area contributed by atoms with E-state index in [9.17, 15) is 9.90 Å². The zero-order valence-electron chi connectivity index (χ0n) is 12.7. The van der Waals surface area contributed by atoms with E-state index in [4.69, 9.17) is 4.74 Å². The van der Waals surface area contributed by atoms with E-state index in [2.05, 4.69) is 6.07 Å². The molecule has 21 heavy (non-hydrogen) atoms. The lowest BCUT2D eigenvalue weighted by molar-refractivity contribution is -0.117. The van der Waals surface area contributed by atoms with Crippen LogP contribution in [0.4, 0.5) is 0 Å². The van der Waals surface area contributed by atoms with E-state index in [0.29, 0.717) is 12.8 Å². The van der Waals surface area contributed by atoms with Gasteiger partial charge in [-0.3, -0.25) is 4.79 Å². The molecule has 0 aliphatic heterocycles. The molecule has 0 radical (unpaired) electrons. The maximum absolute atomic E-state index is 12.1. The summed E-state index contributed by atoms with van der Waals surface area (Å²) in [7, 11) is 1.65. The minimum atomic E-state index is -0.420. The molecule has 2 atom stereocenters. The highest BCUT2D eigenvalue weighted by atomic mass is 16.5. The number of aliphatic hydroxyl groups is 1. The van der Waals surface area contributed by atoms with Gasteiger partial charge in [0.25, 0.3) is 0 Å². The van der Waals surface area contributed by atoms with Gasteiger partial charge in [0.2, 0.25) is 0 Å². The summed E-state index contributed by atoms with van der Waals surface area (Å²) in [5.74, 6) is 1.03. The molecule has 1 N–H and O–H groups in total. The molecule has 3 nitrogen and oxygen atoms in total. The van der Waals surface area contributed by atoms with Crippen LogP contribution in [-0.4, -0.2) is 24.1 Å². The van der Waals surface area contributed by atoms with Crippen LogP contribution in [0.1, 0.15) is 44.6 Å². The van der Waals surface area contributed by atoms with Gasteiger partial charge in [-0.25, -0.2) is 0 Å². The smallest absolute Gasteiger partial charge is 0.158 e. The fraction of sp³-hybridized carbons (Fsp3) is 0.500. The van der Waals surface area contributed by atoms with Crippen LogP contribution in [0, 0.1) is 0 Å². The molecule has 1 fully saturated rings. The number of Topliss-reactive ketones (excluding diaryl/α,β-unsaturated/α-hetero) is 1. The maximum Gasteiger partial charge on any atom is 0.158 e. The zero-order valence-corrected chi connectivity index (χ0v) is 12.7. The molecular weight excluding hydrogens is 264 g/mol. The van der Waals surface area contributed by atoms with Crippen molar-refractivity contribution in [3.05, 3.63) is 41.0 Å². The molecule has 1 saturated carbocycles. The van der Waals surface area contributed by atoms with Crippen molar-refractivity contribution in [2.45, 2.75) is 50.5 Å². The first-order valence-electron chi connectivity index (χ1n) is 7.65. The number of hydrogen-bond acceptors (Lipinski definition) is 3. The molecule has 0 spiro atoms. The number of allylic oxidation sites excluding steroid dienone is 1. The normalized spacial score (nSPS) is 29.3. The minimum Gasteiger partial charge on any atom is -0.497 e. The predicted octanol–water partition coefficient (Wildman–Crippen LogP) is 3.16. The first-order chi connectivity index (χ1) is 10.1. The van der Waals surface area contributed by atoms with Crippen LogP contribution in [0.25, 0.3) is 0 Å². The highest BCUT2D eigenvalue weighted by Crippen LogP contribution is 2.51. The summed E-state index contributed by atoms with van der Waals surface area (Å²) in [6.45, 7) is 1.92. The Morgan fingerprint density at radius 3 is 2.90 bits per heavy atom. The fourth-order valence-electron chi connectivity index (χ4n) is 4.06. The Labute approximate surface area is 125 Å². The quantitative estimate of drug-likeness (QED) is 0.908. The second kappa shape index (κ2) is 5.30. The van der Waals surface area contributed by atoms with Gasteiger partial charge in [-0.15, -0.1) is 0 Å². The minimum absolute atomic E-state index is 0.234. The molecule has 112 valence electrons. The topological polar surface area (TPSA) is 46.5 Å². The van der Waals surface area contributed by atoms with Gasteiger partial charge in [-0.05, 0) is 55.9 Å². The molecule has 1 aromatic carbocycles. The second-order valence-corrected chi connectivity index (χ2v) is 6.14. The molecule has 1 aromatic rings. The van der Waals surface area contributed by atoms with Crippen molar-refractivity contribution in [2.24, 2.45) is 0 Å². The largest absolute Gasteiger partial charge is 0.497 e. The zero-order chi connectivity index (χ0) is 15.0. The van der Waals surface area contributed by atoms with E-state index >= 15 is 0 Å². The Hall–Kier alpha value is -1.61. The summed E-state index contributed by atoms with van der Waals surface area (Å²) in [6, 6.07) is 7.95. The third-order valence-corrected chi connectivity index (χ3v) is 5.21. The molecule has 0 heterocycles. The molecule has 0 saturated heterocycles. The Bertz CT molecular complexity index is 602. The summed E-state index contributed by atoms with van der Waals surface area (Å²) >= 11 is 0.